The fraction of sp³-hybridized carbons (Fsp3) is 0.692. The lowest BCUT2D eigenvalue weighted by Gasteiger charge is -2.16. The fourth-order valence-corrected chi connectivity index (χ4v) is 1.47. The van der Waals surface area contributed by atoms with Crippen LogP contribution in [-0.2, 0) is 0 Å². The molecule has 1 heterocycles. The zero-order valence-electron chi connectivity index (χ0n) is 11.8. The summed E-state index contributed by atoms with van der Waals surface area (Å²) in [7, 11) is 0. The molecular formula is C13H25N5. The second kappa shape index (κ2) is 7.03. The van der Waals surface area contributed by atoms with Gasteiger partial charge in [-0.05, 0) is 25.7 Å². The Kier molecular flexibility index (Phi) is 5.68. The van der Waals surface area contributed by atoms with Gasteiger partial charge in [-0.2, -0.15) is 0 Å². The summed E-state index contributed by atoms with van der Waals surface area (Å²) >= 11 is 0. The van der Waals surface area contributed by atoms with E-state index in [1.165, 1.54) is 0 Å². The number of nitrogen functional groups attached to an aromatic ring is 1. The van der Waals surface area contributed by atoms with Crippen molar-refractivity contribution in [2.45, 2.75) is 46.6 Å². The van der Waals surface area contributed by atoms with Crippen LogP contribution in [0.4, 0.5) is 17.3 Å². The zero-order chi connectivity index (χ0) is 13.5. The number of hydrogen-bond donors (Lipinski definition) is 3. The number of aromatic nitrogens is 2. The molecule has 0 aliphatic heterocycles. The predicted octanol–water partition coefficient (Wildman–Crippen LogP) is 2.73. The van der Waals surface area contributed by atoms with Crippen LogP contribution in [0, 0.1) is 5.92 Å². The summed E-state index contributed by atoms with van der Waals surface area (Å²) in [6, 6.07) is 0.353. The van der Waals surface area contributed by atoms with E-state index >= 15 is 0 Å². The second-order valence-corrected chi connectivity index (χ2v) is 5.05. The Labute approximate surface area is 110 Å². The first-order chi connectivity index (χ1) is 8.54. The van der Waals surface area contributed by atoms with Gasteiger partial charge in [0.1, 0.15) is 12.0 Å². The van der Waals surface area contributed by atoms with E-state index in [1.54, 1.807) is 6.33 Å². The number of rotatable bonds is 7. The molecule has 0 spiro atoms. The van der Waals surface area contributed by atoms with E-state index < -0.39 is 0 Å². The maximum atomic E-state index is 6.05. The highest BCUT2D eigenvalue weighted by Crippen LogP contribution is 2.23. The van der Waals surface area contributed by atoms with Gasteiger partial charge < -0.3 is 16.4 Å². The van der Waals surface area contributed by atoms with Gasteiger partial charge in [0, 0.05) is 12.6 Å². The van der Waals surface area contributed by atoms with E-state index in [4.69, 9.17) is 5.73 Å². The molecule has 18 heavy (non-hydrogen) atoms. The van der Waals surface area contributed by atoms with Gasteiger partial charge in [-0.25, -0.2) is 9.97 Å². The van der Waals surface area contributed by atoms with Crippen LogP contribution in [0.15, 0.2) is 6.33 Å². The average molecular weight is 251 g/mol. The first kappa shape index (κ1) is 14.5. The van der Waals surface area contributed by atoms with Gasteiger partial charge in [0.2, 0.25) is 0 Å². The predicted molar refractivity (Wildman–Crippen MR) is 77.8 cm³/mol. The monoisotopic (exact) mass is 251 g/mol. The number of nitrogens with one attached hydrogen (secondary N) is 2. The van der Waals surface area contributed by atoms with Gasteiger partial charge in [-0.3, -0.25) is 0 Å². The SMILES string of the molecule is CCC(C)Nc1ncnc(NCCC(C)C)c1N. The van der Waals surface area contributed by atoms with Crippen molar-refractivity contribution in [3.05, 3.63) is 6.33 Å². The average Bonchev–Trinajstić information content (AvgIpc) is 2.33. The molecule has 1 aromatic heterocycles. The molecule has 4 N–H and O–H groups in total. The summed E-state index contributed by atoms with van der Waals surface area (Å²) < 4.78 is 0. The molecule has 102 valence electrons. The molecular weight excluding hydrogens is 226 g/mol. The third-order valence-electron chi connectivity index (χ3n) is 2.89. The van der Waals surface area contributed by atoms with Crippen LogP contribution in [0.3, 0.4) is 0 Å². The molecule has 0 aliphatic rings. The molecule has 0 amide bonds. The minimum atomic E-state index is 0.353. The van der Waals surface area contributed by atoms with E-state index in [2.05, 4.69) is 48.3 Å². The third-order valence-corrected chi connectivity index (χ3v) is 2.89. The highest BCUT2D eigenvalue weighted by Gasteiger charge is 2.09. The third kappa shape index (κ3) is 4.39. The van der Waals surface area contributed by atoms with Crippen molar-refractivity contribution >= 4 is 17.3 Å². The highest BCUT2D eigenvalue weighted by molar-refractivity contribution is 5.74. The summed E-state index contributed by atoms with van der Waals surface area (Å²) in [5.41, 5.74) is 6.65. The molecule has 1 rings (SSSR count). The molecule has 1 unspecified atom stereocenters. The van der Waals surface area contributed by atoms with E-state index in [9.17, 15) is 0 Å². The van der Waals surface area contributed by atoms with Crippen molar-refractivity contribution in [3.63, 3.8) is 0 Å². The molecule has 0 radical (unpaired) electrons. The first-order valence-corrected chi connectivity index (χ1v) is 6.65. The molecule has 5 heteroatoms. The Balaban J connectivity index is 2.66. The number of nitrogens with two attached hydrogens (primary N) is 1. The number of nitrogens with zero attached hydrogens (tertiary/aromatic N) is 2. The van der Waals surface area contributed by atoms with Crippen molar-refractivity contribution in [3.8, 4) is 0 Å². The minimum absolute atomic E-state index is 0.353. The lowest BCUT2D eigenvalue weighted by molar-refractivity contribution is 0.606. The van der Waals surface area contributed by atoms with Crippen LogP contribution in [0.2, 0.25) is 0 Å². The van der Waals surface area contributed by atoms with Crippen molar-refractivity contribution in [2.24, 2.45) is 5.92 Å². The molecule has 0 fully saturated rings. The largest absolute Gasteiger partial charge is 0.393 e. The van der Waals surface area contributed by atoms with E-state index in [1.807, 2.05) is 0 Å². The molecule has 0 aliphatic carbocycles. The van der Waals surface area contributed by atoms with Crippen LogP contribution in [0.1, 0.15) is 40.5 Å². The van der Waals surface area contributed by atoms with Crippen LogP contribution in [-0.4, -0.2) is 22.6 Å². The summed E-state index contributed by atoms with van der Waals surface area (Å²) in [6.45, 7) is 9.49. The highest BCUT2D eigenvalue weighted by atomic mass is 15.1. The van der Waals surface area contributed by atoms with Crippen molar-refractivity contribution in [2.75, 3.05) is 22.9 Å². The van der Waals surface area contributed by atoms with Gasteiger partial charge in [-0.1, -0.05) is 20.8 Å². The summed E-state index contributed by atoms with van der Waals surface area (Å²) in [5, 5.41) is 6.54. The molecule has 1 aromatic rings. The van der Waals surface area contributed by atoms with Gasteiger partial charge in [0.15, 0.2) is 11.6 Å². The molecule has 0 saturated carbocycles. The normalized spacial score (nSPS) is 12.5. The fourth-order valence-electron chi connectivity index (χ4n) is 1.47. The summed E-state index contributed by atoms with van der Waals surface area (Å²) in [4.78, 5) is 8.36. The van der Waals surface area contributed by atoms with Crippen LogP contribution in [0.5, 0.6) is 0 Å². The van der Waals surface area contributed by atoms with E-state index in [0.717, 1.165) is 25.2 Å². The molecule has 1 atom stereocenters. The second-order valence-electron chi connectivity index (χ2n) is 5.05. The van der Waals surface area contributed by atoms with E-state index in [0.29, 0.717) is 23.5 Å². The van der Waals surface area contributed by atoms with Crippen molar-refractivity contribution < 1.29 is 0 Å². The Morgan fingerprint density at radius 3 is 2.50 bits per heavy atom. The number of hydrogen-bond acceptors (Lipinski definition) is 5. The smallest absolute Gasteiger partial charge is 0.155 e. The van der Waals surface area contributed by atoms with Crippen molar-refractivity contribution in [1.82, 2.24) is 9.97 Å². The van der Waals surface area contributed by atoms with Gasteiger partial charge in [0.25, 0.3) is 0 Å². The maximum absolute atomic E-state index is 6.05. The lowest BCUT2D eigenvalue weighted by atomic mass is 10.1. The van der Waals surface area contributed by atoms with E-state index in [-0.39, 0.29) is 0 Å². The first-order valence-electron chi connectivity index (χ1n) is 6.65. The maximum Gasteiger partial charge on any atom is 0.155 e. The standard InChI is InChI=1S/C13H25N5/c1-5-10(4)18-13-11(14)12(16-8-17-13)15-7-6-9(2)3/h8-10H,5-7,14H2,1-4H3,(H2,15,16,17,18). The van der Waals surface area contributed by atoms with Gasteiger partial charge >= 0.3 is 0 Å². The molecule has 5 nitrogen and oxygen atoms in total. The van der Waals surface area contributed by atoms with Gasteiger partial charge in [0.05, 0.1) is 0 Å². The summed E-state index contributed by atoms with van der Waals surface area (Å²) in [6.07, 6.45) is 3.66. The quantitative estimate of drug-likeness (QED) is 0.694. The van der Waals surface area contributed by atoms with Crippen LogP contribution < -0.4 is 16.4 Å². The Morgan fingerprint density at radius 2 is 1.89 bits per heavy atom. The zero-order valence-corrected chi connectivity index (χ0v) is 11.8. The van der Waals surface area contributed by atoms with Crippen molar-refractivity contribution in [1.29, 1.82) is 0 Å². The van der Waals surface area contributed by atoms with Gasteiger partial charge in [-0.15, -0.1) is 0 Å². The number of anilines is 3. The Bertz CT molecular complexity index is 364. The topological polar surface area (TPSA) is 75.9 Å². The molecule has 0 saturated heterocycles. The molecule has 0 aromatic carbocycles. The Morgan fingerprint density at radius 1 is 1.22 bits per heavy atom. The van der Waals surface area contributed by atoms with Crippen LogP contribution >= 0.6 is 0 Å². The minimum Gasteiger partial charge on any atom is -0.393 e. The Hall–Kier alpha value is -1.52. The lowest BCUT2D eigenvalue weighted by Crippen LogP contribution is -2.17. The summed E-state index contributed by atoms with van der Waals surface area (Å²) in [5.74, 6) is 2.10. The molecule has 0 bridgehead atoms. The van der Waals surface area contributed by atoms with Crippen LogP contribution in [0.25, 0.3) is 0 Å².